The molecule has 1 aromatic rings. The molecule has 8 nitrogen and oxygen atoms in total. The Hall–Kier alpha value is -2.38. The first-order valence-electron chi connectivity index (χ1n) is 8.51. The van der Waals surface area contributed by atoms with Gasteiger partial charge in [-0.25, -0.2) is 0 Å². The maximum atomic E-state index is 12.7. The van der Waals surface area contributed by atoms with Gasteiger partial charge in [0, 0.05) is 26.2 Å². The molecule has 8 heteroatoms. The second kappa shape index (κ2) is 7.67. The van der Waals surface area contributed by atoms with Gasteiger partial charge in [-0.1, -0.05) is 27.7 Å². The minimum absolute atomic E-state index is 0.0666. The van der Waals surface area contributed by atoms with Crippen molar-refractivity contribution in [2.24, 2.45) is 17.8 Å². The van der Waals surface area contributed by atoms with Gasteiger partial charge in [0.15, 0.2) is 5.76 Å². The summed E-state index contributed by atoms with van der Waals surface area (Å²) < 4.78 is 4.93. The Labute approximate surface area is 146 Å². The minimum Gasteiger partial charge on any atom is -0.395 e. The molecule has 1 aromatic heterocycles. The van der Waals surface area contributed by atoms with Crippen LogP contribution in [0.15, 0.2) is 16.5 Å². The fourth-order valence-electron chi connectivity index (χ4n) is 2.89. The van der Waals surface area contributed by atoms with E-state index in [0.717, 1.165) is 6.07 Å². The Morgan fingerprint density at radius 1 is 1.24 bits per heavy atom. The Kier molecular flexibility index (Phi) is 5.81. The Bertz CT molecular complexity index is 636. The number of furan rings is 1. The lowest BCUT2D eigenvalue weighted by Crippen LogP contribution is -2.57. The fraction of sp³-hybridized carbons (Fsp3) is 0.647. The Balaban J connectivity index is 1.93. The second-order valence-electron chi connectivity index (χ2n) is 7.33. The van der Waals surface area contributed by atoms with Crippen LogP contribution in [0.5, 0.6) is 0 Å². The second-order valence-corrected chi connectivity index (χ2v) is 7.33. The van der Waals surface area contributed by atoms with Crippen molar-refractivity contribution in [2.75, 3.05) is 26.2 Å². The number of nitrogens with zero attached hydrogens (tertiary/aromatic N) is 3. The van der Waals surface area contributed by atoms with Crippen molar-refractivity contribution in [2.45, 2.75) is 27.7 Å². The van der Waals surface area contributed by atoms with Gasteiger partial charge in [0.05, 0.1) is 12.0 Å². The molecule has 1 fully saturated rings. The lowest BCUT2D eigenvalue weighted by molar-refractivity contribution is -0.402. The highest BCUT2D eigenvalue weighted by atomic mass is 16.6. The molecule has 0 spiro atoms. The van der Waals surface area contributed by atoms with Crippen molar-refractivity contribution in [1.29, 1.82) is 0 Å². The third-order valence-corrected chi connectivity index (χ3v) is 3.98. The summed E-state index contributed by atoms with van der Waals surface area (Å²) in [5, 5.41) is 10.6. The van der Waals surface area contributed by atoms with Gasteiger partial charge in [-0.3, -0.25) is 19.7 Å². The van der Waals surface area contributed by atoms with Gasteiger partial charge in [-0.15, -0.1) is 0 Å². The van der Waals surface area contributed by atoms with Crippen LogP contribution in [0.4, 0.5) is 5.88 Å². The van der Waals surface area contributed by atoms with Crippen LogP contribution in [-0.2, 0) is 4.79 Å². The maximum Gasteiger partial charge on any atom is 0.433 e. The smallest absolute Gasteiger partial charge is 0.395 e. The van der Waals surface area contributed by atoms with E-state index >= 15 is 0 Å². The van der Waals surface area contributed by atoms with Gasteiger partial charge >= 0.3 is 5.88 Å². The fourth-order valence-corrected chi connectivity index (χ4v) is 2.89. The van der Waals surface area contributed by atoms with Gasteiger partial charge in [0.2, 0.25) is 5.91 Å². The maximum absolute atomic E-state index is 12.7. The van der Waals surface area contributed by atoms with E-state index in [4.69, 9.17) is 4.42 Å². The molecule has 0 atom stereocenters. The lowest BCUT2D eigenvalue weighted by atomic mass is 9.96. The zero-order valence-corrected chi connectivity index (χ0v) is 15.1. The average Bonchev–Trinajstić information content (AvgIpc) is 2.93. The number of hydrogen-bond acceptors (Lipinski definition) is 5. The summed E-state index contributed by atoms with van der Waals surface area (Å²) in [6.45, 7) is 10.3. The molecule has 0 N–H and O–H groups in total. The van der Waals surface area contributed by atoms with Crippen LogP contribution in [0.1, 0.15) is 38.2 Å². The molecule has 0 aromatic carbocycles. The highest BCUT2D eigenvalue weighted by molar-refractivity contribution is 5.94. The van der Waals surface area contributed by atoms with E-state index in [-0.39, 0.29) is 17.6 Å². The van der Waals surface area contributed by atoms with Gasteiger partial charge in [0.25, 0.3) is 5.91 Å². The molecule has 25 heavy (non-hydrogen) atoms. The van der Waals surface area contributed by atoms with E-state index in [2.05, 4.69) is 27.7 Å². The first kappa shape index (κ1) is 19.0. The van der Waals surface area contributed by atoms with E-state index in [0.29, 0.717) is 38.0 Å². The number of carbonyl (C=O) groups is 2. The van der Waals surface area contributed by atoms with Crippen LogP contribution in [-0.4, -0.2) is 52.7 Å². The van der Waals surface area contributed by atoms with Crippen molar-refractivity contribution < 1.29 is 18.9 Å². The normalized spacial score (nSPS) is 14.7. The molecule has 0 unspecified atom stereocenters. The van der Waals surface area contributed by atoms with Gasteiger partial charge < -0.3 is 14.2 Å². The van der Waals surface area contributed by atoms with E-state index in [1.165, 1.54) is 11.0 Å². The minimum atomic E-state index is -0.686. The highest BCUT2D eigenvalue weighted by Crippen LogP contribution is 2.24. The zero-order valence-electron chi connectivity index (χ0n) is 15.1. The molecule has 1 saturated heterocycles. The summed E-state index contributed by atoms with van der Waals surface area (Å²) in [7, 11) is 0. The predicted octanol–water partition coefficient (Wildman–Crippen LogP) is 2.40. The average molecular weight is 351 g/mol. The zero-order chi connectivity index (χ0) is 18.7. The molecule has 1 aliphatic heterocycles. The number of likely N-dealkylation sites (tertiary alicyclic amines) is 1. The highest BCUT2D eigenvalue weighted by Gasteiger charge is 2.39. The topological polar surface area (TPSA) is 96.9 Å². The summed E-state index contributed by atoms with van der Waals surface area (Å²) in [6.07, 6.45) is 0. The van der Waals surface area contributed by atoms with Crippen LogP contribution in [0, 0.1) is 27.9 Å². The first-order valence-corrected chi connectivity index (χ1v) is 8.51. The molecule has 0 aliphatic carbocycles. The van der Waals surface area contributed by atoms with Crippen molar-refractivity contribution in [3.63, 3.8) is 0 Å². The van der Waals surface area contributed by atoms with E-state index in [9.17, 15) is 19.7 Å². The molecular weight excluding hydrogens is 326 g/mol. The molecular formula is C17H25N3O5. The SMILES string of the molecule is CC(C)CN(CC(C)C)C(=O)C1CN(C(=O)c2ccc([N+](=O)[O-])o2)C1. The van der Waals surface area contributed by atoms with Crippen LogP contribution >= 0.6 is 0 Å². The molecule has 2 heterocycles. The van der Waals surface area contributed by atoms with Crippen molar-refractivity contribution in [3.05, 3.63) is 28.0 Å². The molecule has 2 rings (SSSR count). The third kappa shape index (κ3) is 4.58. The summed E-state index contributed by atoms with van der Waals surface area (Å²) in [5.41, 5.74) is 0. The Morgan fingerprint density at radius 2 is 1.80 bits per heavy atom. The van der Waals surface area contributed by atoms with Crippen LogP contribution in [0.3, 0.4) is 0 Å². The number of hydrogen-bond donors (Lipinski definition) is 0. The van der Waals surface area contributed by atoms with Crippen LogP contribution in [0.2, 0.25) is 0 Å². The van der Waals surface area contributed by atoms with E-state index in [1.807, 2.05) is 4.90 Å². The number of carbonyl (C=O) groups excluding carboxylic acids is 2. The molecule has 138 valence electrons. The summed E-state index contributed by atoms with van der Waals surface area (Å²) >= 11 is 0. The van der Waals surface area contributed by atoms with Crippen molar-refractivity contribution >= 4 is 17.7 Å². The first-order chi connectivity index (χ1) is 11.7. The molecule has 1 aliphatic rings. The summed E-state index contributed by atoms with van der Waals surface area (Å²) in [6, 6.07) is 2.45. The quantitative estimate of drug-likeness (QED) is 0.555. The van der Waals surface area contributed by atoms with E-state index < -0.39 is 16.7 Å². The number of rotatable bonds is 7. The number of amides is 2. The largest absolute Gasteiger partial charge is 0.433 e. The lowest BCUT2D eigenvalue weighted by Gasteiger charge is -2.40. The molecule has 0 saturated carbocycles. The standard InChI is InChI=1S/C17H25N3O5/c1-11(2)7-18(8-12(3)4)16(21)13-9-19(10-13)17(22)14-5-6-15(25-14)20(23)24/h5-6,11-13H,7-10H2,1-4H3. The van der Waals surface area contributed by atoms with Crippen molar-refractivity contribution in [1.82, 2.24) is 9.80 Å². The predicted molar refractivity (Wildman–Crippen MR) is 91.0 cm³/mol. The van der Waals surface area contributed by atoms with Gasteiger partial charge in [-0.2, -0.15) is 0 Å². The van der Waals surface area contributed by atoms with Crippen LogP contribution < -0.4 is 0 Å². The number of nitro groups is 1. The van der Waals surface area contributed by atoms with E-state index in [1.54, 1.807) is 0 Å². The summed E-state index contributed by atoms with van der Waals surface area (Å²) in [4.78, 5) is 38.2. The molecule has 2 amide bonds. The third-order valence-electron chi connectivity index (χ3n) is 3.98. The Morgan fingerprint density at radius 3 is 2.24 bits per heavy atom. The summed E-state index contributed by atoms with van der Waals surface area (Å²) in [5.74, 6) is -0.344. The monoisotopic (exact) mass is 351 g/mol. The van der Waals surface area contributed by atoms with Gasteiger partial charge in [-0.05, 0) is 17.9 Å². The molecule has 0 bridgehead atoms. The van der Waals surface area contributed by atoms with Crippen molar-refractivity contribution in [3.8, 4) is 0 Å². The van der Waals surface area contributed by atoms with Crippen LogP contribution in [0.25, 0.3) is 0 Å². The van der Waals surface area contributed by atoms with Gasteiger partial charge in [0.1, 0.15) is 4.92 Å². The molecule has 0 radical (unpaired) electrons.